The highest BCUT2D eigenvalue weighted by Gasteiger charge is 2.31. The number of pyridine rings is 1. The first kappa shape index (κ1) is 20.9. The number of hydrogen-bond acceptors (Lipinski definition) is 5. The normalized spacial score (nSPS) is 16.0. The Morgan fingerprint density at radius 2 is 2.03 bits per heavy atom. The number of anilines is 1. The Labute approximate surface area is 170 Å². The topological polar surface area (TPSA) is 99.7 Å². The molecule has 1 aliphatic rings. The number of carbonyl (C=O) groups excluding carboxylic acids is 2. The molecule has 0 aliphatic carbocycles. The molecule has 1 aromatic carbocycles. The number of likely N-dealkylation sites (N-methyl/N-ethyl adjacent to an activating group) is 1. The highest BCUT2D eigenvalue weighted by atomic mass is 32.2. The summed E-state index contributed by atoms with van der Waals surface area (Å²) in [5.74, 6) is -0.493. The van der Waals surface area contributed by atoms with Crippen molar-refractivity contribution in [2.75, 3.05) is 18.5 Å². The van der Waals surface area contributed by atoms with Crippen molar-refractivity contribution in [3.05, 3.63) is 53.9 Å². The molecule has 1 N–H and O–H groups in total. The van der Waals surface area contributed by atoms with Crippen molar-refractivity contribution in [2.45, 2.75) is 37.8 Å². The second-order valence-electron chi connectivity index (χ2n) is 7.09. The third-order valence-corrected chi connectivity index (χ3v) is 6.67. The summed E-state index contributed by atoms with van der Waals surface area (Å²) < 4.78 is 26.8. The number of hydrogen-bond donors (Lipinski definition) is 1. The summed E-state index contributed by atoms with van der Waals surface area (Å²) in [5.41, 5.74) is 2.23. The molecule has 2 heterocycles. The van der Waals surface area contributed by atoms with Crippen molar-refractivity contribution in [3.8, 4) is 0 Å². The van der Waals surface area contributed by atoms with Crippen molar-refractivity contribution in [1.82, 2.24) is 14.6 Å². The highest BCUT2D eigenvalue weighted by molar-refractivity contribution is 7.89. The number of nitrogens with zero attached hydrogens (tertiary/aromatic N) is 3. The Kier molecular flexibility index (Phi) is 5.99. The van der Waals surface area contributed by atoms with Crippen LogP contribution in [0.5, 0.6) is 0 Å². The van der Waals surface area contributed by atoms with E-state index in [0.717, 1.165) is 15.6 Å². The minimum atomic E-state index is -3.84. The molecule has 3 rings (SSSR count). The SMILES string of the molecule is CC(=O)N1c2ccc(S(=O)(=O)N(C)CC(=O)NCc3ccccn3)cc2C[C@H]1C. The minimum Gasteiger partial charge on any atom is -0.349 e. The fourth-order valence-electron chi connectivity index (χ4n) is 3.46. The van der Waals surface area contributed by atoms with Gasteiger partial charge in [-0.2, -0.15) is 4.31 Å². The van der Waals surface area contributed by atoms with E-state index >= 15 is 0 Å². The molecule has 0 radical (unpaired) electrons. The Morgan fingerprint density at radius 1 is 1.28 bits per heavy atom. The summed E-state index contributed by atoms with van der Waals surface area (Å²) in [5, 5.41) is 2.67. The molecule has 154 valence electrons. The van der Waals surface area contributed by atoms with Gasteiger partial charge in [-0.3, -0.25) is 14.6 Å². The lowest BCUT2D eigenvalue weighted by atomic mass is 10.1. The molecule has 1 aliphatic heterocycles. The zero-order chi connectivity index (χ0) is 21.2. The van der Waals surface area contributed by atoms with Crippen molar-refractivity contribution in [1.29, 1.82) is 0 Å². The monoisotopic (exact) mass is 416 g/mol. The maximum atomic E-state index is 12.9. The summed E-state index contributed by atoms with van der Waals surface area (Å²) in [4.78, 5) is 29.9. The van der Waals surface area contributed by atoms with Crippen molar-refractivity contribution in [3.63, 3.8) is 0 Å². The molecule has 0 saturated heterocycles. The number of aromatic nitrogens is 1. The van der Waals surface area contributed by atoms with Crippen LogP contribution < -0.4 is 10.2 Å². The molecule has 0 fully saturated rings. The Bertz CT molecular complexity index is 1020. The van der Waals surface area contributed by atoms with Crippen LogP contribution in [0.3, 0.4) is 0 Å². The molecule has 9 heteroatoms. The molecular formula is C20H24N4O4S. The number of benzene rings is 1. The molecule has 0 unspecified atom stereocenters. The second kappa shape index (κ2) is 8.30. The average Bonchev–Trinajstić information content (AvgIpc) is 3.02. The predicted octanol–water partition coefficient (Wildman–Crippen LogP) is 1.32. The maximum absolute atomic E-state index is 12.9. The van der Waals surface area contributed by atoms with Gasteiger partial charge in [0.15, 0.2) is 0 Å². The number of fused-ring (bicyclic) bond motifs is 1. The van der Waals surface area contributed by atoms with Gasteiger partial charge in [-0.25, -0.2) is 8.42 Å². The van der Waals surface area contributed by atoms with Crippen LogP contribution in [0.15, 0.2) is 47.5 Å². The summed E-state index contributed by atoms with van der Waals surface area (Å²) in [7, 11) is -2.47. The fourth-order valence-corrected chi connectivity index (χ4v) is 4.64. The summed E-state index contributed by atoms with van der Waals surface area (Å²) in [6.45, 7) is 3.34. The van der Waals surface area contributed by atoms with E-state index in [9.17, 15) is 18.0 Å². The van der Waals surface area contributed by atoms with E-state index in [-0.39, 0.29) is 29.9 Å². The van der Waals surface area contributed by atoms with Crippen molar-refractivity contribution >= 4 is 27.5 Å². The van der Waals surface area contributed by atoms with Gasteiger partial charge >= 0.3 is 0 Å². The second-order valence-corrected chi connectivity index (χ2v) is 9.14. The van der Waals surface area contributed by atoms with Crippen LogP contribution in [-0.2, 0) is 32.6 Å². The number of carbonyl (C=O) groups is 2. The first-order valence-electron chi connectivity index (χ1n) is 9.26. The molecule has 1 aromatic heterocycles. The van der Waals surface area contributed by atoms with Gasteiger partial charge in [0.05, 0.1) is 23.7 Å². The third-order valence-electron chi connectivity index (χ3n) is 4.87. The van der Waals surface area contributed by atoms with E-state index in [1.165, 1.54) is 20.0 Å². The summed E-state index contributed by atoms with van der Waals surface area (Å²) in [6.07, 6.45) is 2.21. The Morgan fingerprint density at radius 3 is 2.69 bits per heavy atom. The van der Waals surface area contributed by atoms with Crippen molar-refractivity contribution in [2.24, 2.45) is 0 Å². The lowest BCUT2D eigenvalue weighted by Crippen LogP contribution is -2.38. The minimum absolute atomic E-state index is 0.0180. The molecule has 0 bridgehead atoms. The van der Waals surface area contributed by atoms with Gasteiger partial charge < -0.3 is 10.2 Å². The zero-order valence-electron chi connectivity index (χ0n) is 16.6. The van der Waals surface area contributed by atoms with E-state index in [2.05, 4.69) is 10.3 Å². The van der Waals surface area contributed by atoms with Gasteiger partial charge in [-0.05, 0) is 49.2 Å². The van der Waals surface area contributed by atoms with E-state index < -0.39 is 15.9 Å². The molecule has 2 amide bonds. The third kappa shape index (κ3) is 4.46. The molecule has 8 nitrogen and oxygen atoms in total. The molecule has 29 heavy (non-hydrogen) atoms. The first-order valence-corrected chi connectivity index (χ1v) is 10.7. The van der Waals surface area contributed by atoms with Crippen LogP contribution in [0.1, 0.15) is 25.1 Å². The van der Waals surface area contributed by atoms with Gasteiger partial charge in [-0.15, -0.1) is 0 Å². The van der Waals surface area contributed by atoms with Crippen LogP contribution in [0.4, 0.5) is 5.69 Å². The van der Waals surface area contributed by atoms with Crippen LogP contribution >= 0.6 is 0 Å². The number of rotatable bonds is 6. The highest BCUT2D eigenvalue weighted by Crippen LogP contribution is 2.34. The zero-order valence-corrected chi connectivity index (χ0v) is 17.4. The van der Waals surface area contributed by atoms with Crippen LogP contribution in [-0.4, -0.2) is 49.2 Å². The number of nitrogens with one attached hydrogen (secondary N) is 1. The fraction of sp³-hybridized carbons (Fsp3) is 0.350. The van der Waals surface area contributed by atoms with E-state index in [0.29, 0.717) is 12.1 Å². The Balaban J connectivity index is 1.69. The molecule has 2 aromatic rings. The summed E-state index contributed by atoms with van der Waals surface area (Å²) >= 11 is 0. The lowest BCUT2D eigenvalue weighted by Gasteiger charge is -2.21. The predicted molar refractivity (Wildman–Crippen MR) is 109 cm³/mol. The van der Waals surface area contributed by atoms with Crippen LogP contribution in [0, 0.1) is 0 Å². The largest absolute Gasteiger partial charge is 0.349 e. The van der Waals surface area contributed by atoms with Gasteiger partial charge in [-0.1, -0.05) is 6.07 Å². The van der Waals surface area contributed by atoms with Gasteiger partial charge in [0.2, 0.25) is 21.8 Å². The quantitative estimate of drug-likeness (QED) is 0.766. The first-order chi connectivity index (χ1) is 13.7. The number of sulfonamides is 1. The molecule has 1 atom stereocenters. The maximum Gasteiger partial charge on any atom is 0.243 e. The van der Waals surface area contributed by atoms with Crippen molar-refractivity contribution < 1.29 is 18.0 Å². The Hall–Kier alpha value is -2.78. The van der Waals surface area contributed by atoms with Gasteiger partial charge in [0.25, 0.3) is 0 Å². The number of amides is 2. The van der Waals surface area contributed by atoms with E-state index in [4.69, 9.17) is 0 Å². The smallest absolute Gasteiger partial charge is 0.243 e. The van der Waals surface area contributed by atoms with E-state index in [1.54, 1.807) is 35.4 Å². The van der Waals surface area contributed by atoms with Crippen LogP contribution in [0.2, 0.25) is 0 Å². The lowest BCUT2D eigenvalue weighted by molar-refractivity contribution is -0.121. The molecule has 0 spiro atoms. The summed E-state index contributed by atoms with van der Waals surface area (Å²) in [6, 6.07) is 10.1. The molecule has 0 saturated carbocycles. The van der Waals surface area contributed by atoms with Gasteiger partial charge in [0, 0.05) is 31.9 Å². The molecular weight excluding hydrogens is 392 g/mol. The van der Waals surface area contributed by atoms with Crippen LogP contribution in [0.25, 0.3) is 0 Å². The average molecular weight is 417 g/mol. The van der Waals surface area contributed by atoms with E-state index in [1.807, 2.05) is 13.0 Å². The standard InChI is InChI=1S/C20H24N4O4S/c1-14-10-16-11-18(7-8-19(16)24(14)15(2)25)29(27,28)23(3)13-20(26)22-12-17-6-4-5-9-21-17/h4-9,11,14H,10,12-13H2,1-3H3,(H,22,26)/t14-/m1/s1. The van der Waals surface area contributed by atoms with Gasteiger partial charge in [0.1, 0.15) is 0 Å².